The fourth-order valence-corrected chi connectivity index (χ4v) is 3.72. The van der Waals surface area contributed by atoms with Gasteiger partial charge < -0.3 is 0 Å². The van der Waals surface area contributed by atoms with Crippen LogP contribution in [0.15, 0.2) is 0 Å². The van der Waals surface area contributed by atoms with Crippen LogP contribution in [0.25, 0.3) is 0 Å². The number of nitriles is 2. The van der Waals surface area contributed by atoms with Gasteiger partial charge in [0.15, 0.2) is 0 Å². The molecule has 2 aliphatic rings. The molecule has 2 saturated carbocycles. The summed E-state index contributed by atoms with van der Waals surface area (Å²) in [7, 11) is 0. The van der Waals surface area contributed by atoms with Gasteiger partial charge in [-0.05, 0) is 37.5 Å². The Morgan fingerprint density at radius 2 is 1.31 bits per heavy atom. The Morgan fingerprint density at radius 1 is 0.812 bits per heavy atom. The summed E-state index contributed by atoms with van der Waals surface area (Å²) < 4.78 is 0. The molecule has 86 valence electrons. The molecule has 0 aromatic rings. The van der Waals surface area contributed by atoms with Gasteiger partial charge in [-0.1, -0.05) is 25.7 Å². The molecule has 0 bridgehead atoms. The van der Waals surface area contributed by atoms with Gasteiger partial charge in [-0.15, -0.1) is 0 Å². The zero-order valence-corrected chi connectivity index (χ0v) is 9.91. The third-order valence-electron chi connectivity index (χ3n) is 4.46. The Morgan fingerprint density at radius 3 is 1.75 bits per heavy atom. The number of nitrogens with zero attached hydrogens (tertiary/aromatic N) is 2. The van der Waals surface area contributed by atoms with Crippen LogP contribution in [0.4, 0.5) is 0 Å². The van der Waals surface area contributed by atoms with E-state index in [-0.39, 0.29) is 11.8 Å². The molecule has 2 unspecified atom stereocenters. The summed E-state index contributed by atoms with van der Waals surface area (Å²) >= 11 is 0. The maximum atomic E-state index is 9.13. The maximum absolute atomic E-state index is 9.13. The largest absolute Gasteiger partial charge is 0.198 e. The molecular weight excluding hydrogens is 196 g/mol. The van der Waals surface area contributed by atoms with E-state index in [2.05, 4.69) is 12.1 Å². The van der Waals surface area contributed by atoms with Gasteiger partial charge in [-0.25, -0.2) is 0 Å². The summed E-state index contributed by atoms with van der Waals surface area (Å²) in [5.74, 6) is 0.271. The number of hydrogen-bond acceptors (Lipinski definition) is 2. The van der Waals surface area contributed by atoms with Gasteiger partial charge in [-0.2, -0.15) is 10.5 Å². The molecule has 0 radical (unpaired) electrons. The SMILES string of the molecule is N#CC1CC(C#N)CC2(CCCCCC2)C1. The highest BCUT2D eigenvalue weighted by atomic mass is 14.5. The predicted molar refractivity (Wildman–Crippen MR) is 62.2 cm³/mol. The lowest BCUT2D eigenvalue weighted by molar-refractivity contribution is 0.112. The lowest BCUT2D eigenvalue weighted by Crippen LogP contribution is -2.32. The summed E-state index contributed by atoms with van der Waals surface area (Å²) in [4.78, 5) is 0. The van der Waals surface area contributed by atoms with Gasteiger partial charge in [0.2, 0.25) is 0 Å². The van der Waals surface area contributed by atoms with Crippen LogP contribution in [0, 0.1) is 39.9 Å². The Balaban J connectivity index is 2.12. The van der Waals surface area contributed by atoms with Crippen molar-refractivity contribution < 1.29 is 0 Å². The topological polar surface area (TPSA) is 47.6 Å². The Hall–Kier alpha value is -1.02. The average Bonchev–Trinajstić information content (AvgIpc) is 2.54. The van der Waals surface area contributed by atoms with Crippen molar-refractivity contribution in [3.8, 4) is 12.1 Å². The Labute approximate surface area is 98.3 Å². The number of hydrogen-bond donors (Lipinski definition) is 0. The molecule has 0 heterocycles. The van der Waals surface area contributed by atoms with Crippen LogP contribution in [0.2, 0.25) is 0 Å². The van der Waals surface area contributed by atoms with E-state index in [1.54, 1.807) is 0 Å². The second-order valence-corrected chi connectivity index (χ2v) is 5.71. The molecule has 2 rings (SSSR count). The summed E-state index contributed by atoms with van der Waals surface area (Å²) in [5.41, 5.74) is 0.343. The molecule has 1 spiro atoms. The van der Waals surface area contributed by atoms with Crippen LogP contribution in [0.1, 0.15) is 57.8 Å². The van der Waals surface area contributed by atoms with Crippen LogP contribution >= 0.6 is 0 Å². The summed E-state index contributed by atoms with van der Waals surface area (Å²) in [5, 5.41) is 18.3. The van der Waals surface area contributed by atoms with Crippen LogP contribution in [-0.4, -0.2) is 0 Å². The second kappa shape index (κ2) is 4.88. The van der Waals surface area contributed by atoms with E-state index in [1.807, 2.05) is 0 Å². The molecule has 2 nitrogen and oxygen atoms in total. The first-order valence-electron chi connectivity index (χ1n) is 6.57. The van der Waals surface area contributed by atoms with Gasteiger partial charge in [-0.3, -0.25) is 0 Å². The average molecular weight is 216 g/mol. The van der Waals surface area contributed by atoms with Crippen LogP contribution in [-0.2, 0) is 0 Å². The smallest absolute Gasteiger partial charge is 0.0656 e. The first kappa shape index (κ1) is 11.5. The van der Waals surface area contributed by atoms with E-state index >= 15 is 0 Å². The van der Waals surface area contributed by atoms with Crippen molar-refractivity contribution in [1.29, 1.82) is 10.5 Å². The minimum Gasteiger partial charge on any atom is -0.198 e. The lowest BCUT2D eigenvalue weighted by Gasteiger charge is -2.40. The van der Waals surface area contributed by atoms with Crippen molar-refractivity contribution in [2.75, 3.05) is 0 Å². The van der Waals surface area contributed by atoms with Crippen LogP contribution < -0.4 is 0 Å². The minimum atomic E-state index is 0.136. The molecule has 0 aromatic heterocycles. The van der Waals surface area contributed by atoms with Crippen LogP contribution in [0.3, 0.4) is 0 Å². The summed E-state index contributed by atoms with van der Waals surface area (Å²) in [6.07, 6.45) is 10.7. The van der Waals surface area contributed by atoms with Gasteiger partial charge in [0.05, 0.1) is 12.1 Å². The fourth-order valence-electron chi connectivity index (χ4n) is 3.72. The molecule has 0 amide bonds. The van der Waals surface area contributed by atoms with Crippen LogP contribution in [0.5, 0.6) is 0 Å². The van der Waals surface area contributed by atoms with Gasteiger partial charge >= 0.3 is 0 Å². The number of rotatable bonds is 0. The summed E-state index contributed by atoms with van der Waals surface area (Å²) in [6.45, 7) is 0. The highest BCUT2D eigenvalue weighted by Crippen LogP contribution is 2.50. The first-order chi connectivity index (χ1) is 7.78. The zero-order valence-electron chi connectivity index (χ0n) is 9.91. The molecule has 2 heteroatoms. The highest BCUT2D eigenvalue weighted by molar-refractivity contribution is 5.02. The van der Waals surface area contributed by atoms with Crippen molar-refractivity contribution in [2.45, 2.75) is 57.8 Å². The Kier molecular flexibility index (Phi) is 3.49. The van der Waals surface area contributed by atoms with E-state index < -0.39 is 0 Å². The fraction of sp³-hybridized carbons (Fsp3) is 0.857. The first-order valence-corrected chi connectivity index (χ1v) is 6.57. The molecular formula is C14H20N2. The standard InChI is InChI=1S/C14H20N2/c15-10-12-7-13(11-16)9-14(8-12)5-3-1-2-4-6-14/h12-13H,1-9H2. The van der Waals surface area contributed by atoms with Crippen molar-refractivity contribution in [1.82, 2.24) is 0 Å². The monoisotopic (exact) mass is 216 g/mol. The minimum absolute atomic E-state index is 0.136. The molecule has 16 heavy (non-hydrogen) atoms. The molecule has 0 aromatic carbocycles. The van der Waals surface area contributed by atoms with E-state index in [0.29, 0.717) is 5.41 Å². The van der Waals surface area contributed by atoms with E-state index in [0.717, 1.165) is 19.3 Å². The molecule has 0 saturated heterocycles. The second-order valence-electron chi connectivity index (χ2n) is 5.71. The lowest BCUT2D eigenvalue weighted by atomic mass is 9.63. The third-order valence-corrected chi connectivity index (χ3v) is 4.46. The molecule has 0 N–H and O–H groups in total. The normalized spacial score (nSPS) is 33.6. The molecule has 2 fully saturated rings. The quantitative estimate of drug-likeness (QED) is 0.618. The molecule has 2 atom stereocenters. The van der Waals surface area contributed by atoms with Crippen molar-refractivity contribution in [3.63, 3.8) is 0 Å². The third kappa shape index (κ3) is 2.38. The van der Waals surface area contributed by atoms with E-state index in [9.17, 15) is 0 Å². The molecule has 0 aliphatic heterocycles. The maximum Gasteiger partial charge on any atom is 0.0656 e. The zero-order chi connectivity index (χ0) is 11.4. The van der Waals surface area contributed by atoms with E-state index in [4.69, 9.17) is 10.5 Å². The van der Waals surface area contributed by atoms with Crippen molar-refractivity contribution >= 4 is 0 Å². The van der Waals surface area contributed by atoms with Gasteiger partial charge in [0.25, 0.3) is 0 Å². The van der Waals surface area contributed by atoms with Gasteiger partial charge in [0, 0.05) is 11.8 Å². The Bertz CT molecular complexity index is 289. The molecule has 2 aliphatic carbocycles. The predicted octanol–water partition coefficient (Wildman–Crippen LogP) is 3.79. The summed E-state index contributed by atoms with van der Waals surface area (Å²) in [6, 6.07) is 4.82. The van der Waals surface area contributed by atoms with Gasteiger partial charge in [0.1, 0.15) is 0 Å². The van der Waals surface area contributed by atoms with Crippen molar-refractivity contribution in [2.24, 2.45) is 17.3 Å². The highest BCUT2D eigenvalue weighted by Gasteiger charge is 2.40. The van der Waals surface area contributed by atoms with Crippen molar-refractivity contribution in [3.05, 3.63) is 0 Å². The van der Waals surface area contributed by atoms with E-state index in [1.165, 1.54) is 38.5 Å².